The predicted octanol–water partition coefficient (Wildman–Crippen LogP) is 5.33. The maximum Gasteiger partial charge on any atom is 0.264 e. The van der Waals surface area contributed by atoms with Crippen molar-refractivity contribution in [3.63, 3.8) is 0 Å². The quantitative estimate of drug-likeness (QED) is 0.399. The molecule has 0 fully saturated rings. The molecule has 7 nitrogen and oxygen atoms in total. The van der Waals surface area contributed by atoms with Gasteiger partial charge in [-0.15, -0.1) is 0 Å². The Labute approximate surface area is 218 Å². The summed E-state index contributed by atoms with van der Waals surface area (Å²) in [5.74, 6) is -0.0158. The van der Waals surface area contributed by atoms with E-state index in [4.69, 9.17) is 0 Å². The zero-order valence-electron chi connectivity index (χ0n) is 21.2. The van der Waals surface area contributed by atoms with Crippen molar-refractivity contribution in [3.05, 3.63) is 87.6 Å². The van der Waals surface area contributed by atoms with Crippen molar-refractivity contribution in [1.82, 2.24) is 19.7 Å². The SMILES string of the molecule is CC(=O)N1Cc2cc(-c3ccc(=O)[nH]c3)cc(N3CCCc4cc(-c5cnn(C)c5)c(C(F)F)cc43)c2C1. The van der Waals surface area contributed by atoms with Crippen LogP contribution in [0, 0.1) is 0 Å². The fraction of sp³-hybridized carbons (Fsp3) is 0.276. The van der Waals surface area contributed by atoms with E-state index in [9.17, 15) is 18.4 Å². The van der Waals surface area contributed by atoms with Gasteiger partial charge in [0.2, 0.25) is 11.5 Å². The number of aryl methyl sites for hydroxylation is 2. The van der Waals surface area contributed by atoms with Gasteiger partial charge < -0.3 is 14.8 Å². The highest BCUT2D eigenvalue weighted by atomic mass is 19.3. The number of alkyl halides is 2. The first-order valence-electron chi connectivity index (χ1n) is 12.6. The van der Waals surface area contributed by atoms with Gasteiger partial charge in [-0.2, -0.15) is 5.10 Å². The smallest absolute Gasteiger partial charge is 0.264 e. The molecule has 2 aliphatic heterocycles. The lowest BCUT2D eigenvalue weighted by molar-refractivity contribution is -0.129. The fourth-order valence-electron chi connectivity index (χ4n) is 5.60. The maximum atomic E-state index is 14.4. The molecule has 6 rings (SSSR count). The maximum absolute atomic E-state index is 14.4. The molecule has 4 heterocycles. The Bertz CT molecular complexity index is 1600. The van der Waals surface area contributed by atoms with E-state index in [1.165, 1.54) is 6.07 Å². The van der Waals surface area contributed by atoms with Gasteiger partial charge in [0, 0.05) is 80.1 Å². The predicted molar refractivity (Wildman–Crippen MR) is 141 cm³/mol. The monoisotopic (exact) mass is 515 g/mol. The molecule has 2 aromatic carbocycles. The molecule has 1 amide bonds. The topological polar surface area (TPSA) is 74.2 Å². The van der Waals surface area contributed by atoms with Crippen LogP contribution in [0.25, 0.3) is 22.3 Å². The number of pyridine rings is 1. The molecule has 0 radical (unpaired) electrons. The largest absolute Gasteiger partial charge is 0.341 e. The first kappa shape index (κ1) is 24.1. The number of carbonyl (C=O) groups excluding carboxylic acids is 1. The molecule has 0 spiro atoms. The number of amides is 1. The van der Waals surface area contributed by atoms with Crippen molar-refractivity contribution in [2.24, 2.45) is 7.05 Å². The van der Waals surface area contributed by atoms with Crippen LogP contribution >= 0.6 is 0 Å². The van der Waals surface area contributed by atoms with E-state index in [0.717, 1.165) is 52.0 Å². The Morgan fingerprint density at radius 3 is 2.55 bits per heavy atom. The number of rotatable bonds is 4. The molecule has 2 aromatic heterocycles. The lowest BCUT2D eigenvalue weighted by atomic mass is 9.91. The minimum absolute atomic E-state index is 0.0158. The van der Waals surface area contributed by atoms with Gasteiger partial charge in [0.25, 0.3) is 6.43 Å². The highest BCUT2D eigenvalue weighted by Crippen LogP contribution is 2.45. The molecule has 0 saturated heterocycles. The van der Waals surface area contributed by atoms with Crippen LogP contribution in [0.4, 0.5) is 20.2 Å². The highest BCUT2D eigenvalue weighted by Gasteiger charge is 2.30. The molecular weight excluding hydrogens is 488 g/mol. The van der Waals surface area contributed by atoms with Crippen molar-refractivity contribution >= 4 is 17.3 Å². The molecule has 4 aromatic rings. The molecule has 0 atom stereocenters. The summed E-state index contributed by atoms with van der Waals surface area (Å²) in [6, 6.07) is 10.8. The number of halogens is 2. The molecule has 9 heteroatoms. The van der Waals surface area contributed by atoms with Crippen LogP contribution < -0.4 is 10.5 Å². The van der Waals surface area contributed by atoms with E-state index in [2.05, 4.69) is 21.0 Å². The third kappa shape index (κ3) is 4.17. The third-order valence-corrected chi connectivity index (χ3v) is 7.50. The average Bonchev–Trinajstić information content (AvgIpc) is 3.54. The van der Waals surface area contributed by atoms with Crippen LogP contribution in [0.1, 0.15) is 42.0 Å². The van der Waals surface area contributed by atoms with E-state index in [0.29, 0.717) is 30.8 Å². The zero-order valence-corrected chi connectivity index (χ0v) is 21.2. The van der Waals surface area contributed by atoms with E-state index in [1.807, 2.05) is 12.1 Å². The number of anilines is 2. The van der Waals surface area contributed by atoms with Crippen molar-refractivity contribution in [2.75, 3.05) is 11.4 Å². The normalized spacial score (nSPS) is 14.7. The Balaban J connectivity index is 1.52. The van der Waals surface area contributed by atoms with Crippen LogP contribution in [0.2, 0.25) is 0 Å². The lowest BCUT2D eigenvalue weighted by Gasteiger charge is -2.34. The van der Waals surface area contributed by atoms with E-state index >= 15 is 0 Å². The summed E-state index contributed by atoms with van der Waals surface area (Å²) in [4.78, 5) is 30.6. The first-order valence-corrected chi connectivity index (χ1v) is 12.6. The molecule has 38 heavy (non-hydrogen) atoms. The Morgan fingerprint density at radius 2 is 1.87 bits per heavy atom. The zero-order chi connectivity index (χ0) is 26.6. The van der Waals surface area contributed by atoms with Gasteiger partial charge in [-0.3, -0.25) is 14.3 Å². The summed E-state index contributed by atoms with van der Waals surface area (Å²) >= 11 is 0. The van der Waals surface area contributed by atoms with E-state index < -0.39 is 6.43 Å². The van der Waals surface area contributed by atoms with Gasteiger partial charge in [-0.1, -0.05) is 0 Å². The number of carbonyl (C=O) groups is 1. The number of nitrogens with one attached hydrogen (secondary N) is 1. The molecule has 194 valence electrons. The van der Waals surface area contributed by atoms with Gasteiger partial charge in [-0.25, -0.2) is 8.78 Å². The van der Waals surface area contributed by atoms with Crippen molar-refractivity contribution < 1.29 is 13.6 Å². The first-order chi connectivity index (χ1) is 18.3. The molecule has 0 unspecified atom stereocenters. The minimum atomic E-state index is -2.65. The Morgan fingerprint density at radius 1 is 1.03 bits per heavy atom. The lowest BCUT2D eigenvalue weighted by Crippen LogP contribution is -2.26. The Kier molecular flexibility index (Phi) is 5.86. The third-order valence-electron chi connectivity index (χ3n) is 7.50. The van der Waals surface area contributed by atoms with Gasteiger partial charge >= 0.3 is 0 Å². The molecule has 1 N–H and O–H groups in total. The van der Waals surface area contributed by atoms with Gasteiger partial charge in [0.05, 0.1) is 6.20 Å². The van der Waals surface area contributed by atoms with Gasteiger partial charge in [0.1, 0.15) is 0 Å². The standard InChI is InChI=1S/C29H27F2N5O2/c1-17(37)35-15-21-8-20(19-5-6-28(38)32-12-19)10-27(25(21)16-35)36-7-3-4-18-9-23(22-13-33-34(2)14-22)24(29(30)31)11-26(18)36/h5-6,8-14,29H,3-4,7,15-16H2,1-2H3,(H,32,38). The number of hydrogen-bond acceptors (Lipinski definition) is 4. The number of H-pyrrole nitrogens is 1. The van der Waals surface area contributed by atoms with Gasteiger partial charge in [-0.05, 0) is 71.0 Å². The van der Waals surface area contributed by atoms with E-state index in [1.54, 1.807) is 54.3 Å². The van der Waals surface area contributed by atoms with Crippen LogP contribution in [-0.4, -0.2) is 32.1 Å². The van der Waals surface area contributed by atoms with Crippen molar-refractivity contribution in [2.45, 2.75) is 39.3 Å². The average molecular weight is 516 g/mol. The van der Waals surface area contributed by atoms with Gasteiger partial charge in [0.15, 0.2) is 0 Å². The van der Waals surface area contributed by atoms with Crippen molar-refractivity contribution in [1.29, 1.82) is 0 Å². The number of benzene rings is 2. The number of fused-ring (bicyclic) bond motifs is 2. The minimum Gasteiger partial charge on any atom is -0.341 e. The summed E-state index contributed by atoms with van der Waals surface area (Å²) in [5.41, 5.74) is 7.41. The summed E-state index contributed by atoms with van der Waals surface area (Å²) in [7, 11) is 1.77. The summed E-state index contributed by atoms with van der Waals surface area (Å²) in [6.45, 7) is 3.17. The van der Waals surface area contributed by atoms with Crippen LogP contribution in [0.3, 0.4) is 0 Å². The second-order valence-electron chi connectivity index (χ2n) is 9.98. The highest BCUT2D eigenvalue weighted by molar-refractivity contribution is 5.82. The summed E-state index contributed by atoms with van der Waals surface area (Å²) in [5, 5.41) is 4.18. The second kappa shape index (κ2) is 9.24. The molecule has 0 saturated carbocycles. The number of nitrogens with zero attached hydrogens (tertiary/aromatic N) is 4. The van der Waals surface area contributed by atoms with Crippen molar-refractivity contribution in [3.8, 4) is 22.3 Å². The fourth-order valence-corrected chi connectivity index (χ4v) is 5.60. The van der Waals surface area contributed by atoms with Crippen LogP contribution in [-0.2, 0) is 31.4 Å². The second-order valence-corrected chi connectivity index (χ2v) is 9.98. The number of hydrogen-bond donors (Lipinski definition) is 1. The molecule has 2 aliphatic rings. The number of aromatic nitrogens is 3. The van der Waals surface area contributed by atoms with Crippen LogP contribution in [0.15, 0.2) is 59.8 Å². The summed E-state index contributed by atoms with van der Waals surface area (Å²) in [6.07, 6.45) is 4.04. The molecule has 0 aliphatic carbocycles. The summed E-state index contributed by atoms with van der Waals surface area (Å²) < 4.78 is 30.4. The number of aromatic amines is 1. The molecular formula is C29H27F2N5O2. The van der Waals surface area contributed by atoms with E-state index in [-0.39, 0.29) is 17.0 Å². The Hall–Kier alpha value is -4.27. The molecule has 0 bridgehead atoms. The van der Waals surface area contributed by atoms with Crippen LogP contribution in [0.5, 0.6) is 0 Å².